The molecule has 0 aromatic carbocycles. The summed E-state index contributed by atoms with van der Waals surface area (Å²) in [5.41, 5.74) is 8.91. The maximum absolute atomic E-state index is 13.0. The van der Waals surface area contributed by atoms with Crippen LogP contribution in [0.4, 0.5) is 4.79 Å². The number of ether oxygens (including phenoxy) is 10. The van der Waals surface area contributed by atoms with E-state index in [-0.39, 0.29) is 129 Å². The zero-order chi connectivity index (χ0) is 96.4. The molecular weight excluding hydrogens is 1720 g/mol. The lowest BCUT2D eigenvalue weighted by Gasteiger charge is -2.32. The number of esters is 9. The Hall–Kier alpha value is -9.58. The summed E-state index contributed by atoms with van der Waals surface area (Å²) in [7, 11) is 11.7. The Balaban J connectivity index is -0.000000443. The minimum Gasteiger partial charge on any atom is -0.481 e. The summed E-state index contributed by atoms with van der Waals surface area (Å²) < 4.78 is 46.6. The zero-order valence-electron chi connectivity index (χ0n) is 76.4. The number of hydrogen-bond acceptors (Lipinski definition) is 32. The number of nitrogens with one attached hydrogen (secondary N) is 5. The average Bonchev–Trinajstić information content (AvgIpc) is 1.29. The Bertz CT molecular complexity index is 3450. The van der Waals surface area contributed by atoms with E-state index in [1.54, 1.807) is 69.2 Å². The van der Waals surface area contributed by atoms with Gasteiger partial charge < -0.3 is 106 Å². The van der Waals surface area contributed by atoms with E-state index in [4.69, 9.17) is 52.5 Å². The number of aliphatic carboxylic acids is 3. The lowest BCUT2D eigenvalue weighted by atomic mass is 9.81. The number of carbonyl (C=O) groups is 17. The third-order valence-electron chi connectivity index (χ3n) is 19.5. The van der Waals surface area contributed by atoms with Gasteiger partial charge in [0.05, 0.1) is 110 Å². The lowest BCUT2D eigenvalue weighted by molar-refractivity contribution is -0.155. The molecule has 5 fully saturated rings. The van der Waals surface area contributed by atoms with Gasteiger partial charge in [-0.3, -0.25) is 71.9 Å². The number of nitrogens with two attached hydrogens (primary N) is 3. The van der Waals surface area contributed by atoms with Gasteiger partial charge in [-0.05, 0) is 179 Å². The van der Waals surface area contributed by atoms with Crippen molar-refractivity contribution in [2.45, 2.75) is 259 Å². The Morgan fingerprint density at radius 3 is 1.21 bits per heavy atom. The molecule has 0 aromatic rings. The van der Waals surface area contributed by atoms with E-state index in [0.29, 0.717) is 56.4 Å². The Labute approximate surface area is 742 Å². The second-order valence-electron chi connectivity index (χ2n) is 33.8. The van der Waals surface area contributed by atoms with E-state index in [2.05, 4.69) is 80.4 Å². The van der Waals surface area contributed by atoms with Gasteiger partial charge in [-0.2, -0.15) is 10.5 Å². The van der Waals surface area contributed by atoms with Gasteiger partial charge in [0.15, 0.2) is 0 Å². The normalized spacial score (nSPS) is 17.8. The summed E-state index contributed by atoms with van der Waals surface area (Å²) in [5.74, 6) is -7.47. The maximum Gasteiger partial charge on any atom is 0.408 e. The number of carboxylic acids is 3. The molecular formula is C82H140BrClN10O30. The third-order valence-corrected chi connectivity index (χ3v) is 19.7. The van der Waals surface area contributed by atoms with Crippen LogP contribution in [0.1, 0.15) is 225 Å². The Morgan fingerprint density at radius 2 is 0.863 bits per heavy atom. The molecule has 4 unspecified atom stereocenters. The van der Waals surface area contributed by atoms with Crippen LogP contribution in [0.25, 0.3) is 0 Å². The van der Waals surface area contributed by atoms with Crippen LogP contribution in [0.15, 0.2) is 0 Å². The van der Waals surface area contributed by atoms with Crippen molar-refractivity contribution in [2.24, 2.45) is 74.9 Å². The van der Waals surface area contributed by atoms with Gasteiger partial charge in [-0.1, -0.05) is 48.5 Å². The smallest absolute Gasteiger partial charge is 0.408 e. The van der Waals surface area contributed by atoms with E-state index in [1.807, 2.05) is 26.0 Å². The van der Waals surface area contributed by atoms with Crippen LogP contribution in [-0.2, 0) is 124 Å². The molecule has 124 heavy (non-hydrogen) atoms. The zero-order valence-corrected chi connectivity index (χ0v) is 78.8. The predicted molar refractivity (Wildman–Crippen MR) is 454 cm³/mol. The Kier molecular flexibility index (Phi) is 59.6. The third kappa shape index (κ3) is 52.9. The van der Waals surface area contributed by atoms with Crippen molar-refractivity contribution in [3.63, 3.8) is 0 Å². The van der Waals surface area contributed by atoms with Gasteiger partial charge in [0.25, 0.3) is 0 Å². The fraction of sp³-hybridized carbons (Fsp3) is 0.768. The highest BCUT2D eigenvalue weighted by Gasteiger charge is 2.45. The molecule has 14 N–H and O–H groups in total. The molecule has 3 heterocycles. The lowest BCUT2D eigenvalue weighted by Crippen LogP contribution is -2.59. The van der Waals surface area contributed by atoms with Crippen molar-refractivity contribution in [1.29, 1.82) is 10.5 Å². The van der Waals surface area contributed by atoms with Crippen LogP contribution < -0.4 is 43.8 Å². The number of nitrogens with zero attached hydrogens (tertiary/aromatic N) is 2. The fourth-order valence-corrected chi connectivity index (χ4v) is 11.6. The summed E-state index contributed by atoms with van der Waals surface area (Å²) in [4.78, 5) is 192. The molecule has 40 nitrogen and oxygen atoms in total. The Morgan fingerprint density at radius 1 is 0.484 bits per heavy atom. The van der Waals surface area contributed by atoms with Crippen molar-refractivity contribution < 1.29 is 144 Å². The number of carbonyl (C=O) groups excluding carboxylic acids is 14. The van der Waals surface area contributed by atoms with Gasteiger partial charge in [0.2, 0.25) is 23.6 Å². The number of alkyl carbamates (subject to hydrolysis) is 1. The molecule has 3 saturated heterocycles. The molecule has 42 heteroatoms. The minimum atomic E-state index is -1.43. The van der Waals surface area contributed by atoms with Crippen LogP contribution in [0.5, 0.6) is 0 Å². The highest BCUT2D eigenvalue weighted by atomic mass is 79.9. The summed E-state index contributed by atoms with van der Waals surface area (Å²) in [6.45, 7) is 25.3. The van der Waals surface area contributed by atoms with E-state index >= 15 is 0 Å². The minimum absolute atomic E-state index is 0. The first-order valence-corrected chi connectivity index (χ1v) is 40.9. The maximum atomic E-state index is 13.0. The standard InChI is InChI=1S/C20H33N3O6.C11H17NO4.C10H17NO3.C9H16N2O3.C9H16O4.C8H15NO4.C7H12O2.C6H11NO4.C2H2BrN.ClH/c1-19(2,3)29-18(27)22-14(10-12-6-7-12)16(25)23-20(4,17(26)28-5)11-13-8-9-21-15(13)24;1-11(2,10(14)16-4)7-8(5-6-12)9(13)15-3;1-10(2,9(13)14-3)6-7-4-5-11-8(7)12;1-9(10,8(13)14-2)5-6-3-4-11-7(6)12;1-9(2,8(11)13-4)6-5-7(10)12-3;1-8(9,7(11)13-3)5-4-6(10)12-2;1-5(7(8)9)4-6-2-3-6;1-6(7,5(10)11)3-2-4(8)9;3-1-2-4;/h12-14H,6-11H2,1-5H3,(H,21,24)(H,22,27)(H,23,25);8H,5,7H2,1-4H3;7H,4-6H2,1-3H3,(H,11,12);6H,3-5,10H2,1-2H3,(H,11,12);5-6H2,1-4H3;4-5,9H2,1-3H3;5-6H,2-4H2,1H3,(H,8,9);2-3,7H2,1H3,(H,8,9)(H,10,11);1H2;1H/t13?,14-,20-;;;6?,9-;;8-;5-;6-;;/m0..0.000../s1. The SMILES string of the molecule is COC(=O)C(C)(C)CC1CCNC1=O.COC(=O)C(CC#N)CC(C)(C)C(=O)OC.COC(=O)CCC(C)(C)C(=O)OC.COC(=O)CC[C@](C)(N)C(=O)OC.COC(=O)[C@@](C)(N)CC1CCNC1=O.COC(=O)[C@](C)(CC1CCNC1=O)NC(=O)[C@H](CC1CC1)NC(=O)OC(C)(C)C.C[C@@H](CC1CC1)C(=O)O.C[C@](N)(CCC(=O)O)C(=O)O.Cl.N#CCBr. The topological polar surface area (TPSA) is 629 Å². The monoisotopic (exact) mass is 1860 g/mol. The number of hydrogen-bond donors (Lipinski definition) is 11. The van der Waals surface area contributed by atoms with E-state index in [0.717, 1.165) is 44.6 Å². The molecule has 0 bridgehead atoms. The van der Waals surface area contributed by atoms with Gasteiger partial charge in [-0.15, -0.1) is 12.4 Å². The molecule has 0 radical (unpaired) electrons. The van der Waals surface area contributed by atoms with Gasteiger partial charge in [0.1, 0.15) is 33.8 Å². The van der Waals surface area contributed by atoms with E-state index in [9.17, 15) is 81.5 Å². The second-order valence-corrected chi connectivity index (χ2v) is 34.4. The molecule has 2 aliphatic carbocycles. The van der Waals surface area contributed by atoms with Crippen LogP contribution in [-0.4, -0.2) is 239 Å². The number of amides is 5. The van der Waals surface area contributed by atoms with Gasteiger partial charge >= 0.3 is 77.7 Å². The number of rotatable bonds is 34. The van der Waals surface area contributed by atoms with Crippen LogP contribution in [0.3, 0.4) is 0 Å². The van der Waals surface area contributed by atoms with Crippen molar-refractivity contribution in [3.05, 3.63) is 0 Å². The fourth-order valence-electron chi connectivity index (χ4n) is 11.6. The first-order valence-electron chi connectivity index (χ1n) is 39.8. The molecule has 0 aromatic heterocycles. The van der Waals surface area contributed by atoms with Crippen molar-refractivity contribution in [2.75, 3.05) is 89.0 Å². The molecule has 712 valence electrons. The second kappa shape index (κ2) is 60.1. The first kappa shape index (κ1) is 123. The molecule has 5 rings (SSSR count). The average molecular weight is 1860 g/mol. The highest BCUT2D eigenvalue weighted by molar-refractivity contribution is 9.09. The summed E-state index contributed by atoms with van der Waals surface area (Å²) in [5, 5.41) is 55.3. The van der Waals surface area contributed by atoms with Crippen molar-refractivity contribution >= 4 is 130 Å². The van der Waals surface area contributed by atoms with Gasteiger partial charge in [-0.25, -0.2) is 9.59 Å². The number of carboxylic acid groups (broad SMARTS) is 3. The highest BCUT2D eigenvalue weighted by Crippen LogP contribution is 2.37. The summed E-state index contributed by atoms with van der Waals surface area (Å²) in [6.07, 6.45) is 9.30. The predicted octanol–water partition coefficient (Wildman–Crippen LogP) is 6.10. The molecule has 3 aliphatic heterocycles. The summed E-state index contributed by atoms with van der Waals surface area (Å²) in [6, 6.07) is 2.92. The van der Waals surface area contributed by atoms with E-state index in [1.165, 1.54) is 90.7 Å². The molecule has 0 spiro atoms. The first-order chi connectivity index (χ1) is 56.6. The number of methoxy groups -OCH3 is 9. The van der Waals surface area contributed by atoms with E-state index < -0.39 is 116 Å². The number of nitriles is 2. The molecule has 5 aliphatic rings. The number of alkyl halides is 1. The van der Waals surface area contributed by atoms with Gasteiger partial charge in [0, 0.05) is 63.1 Å². The largest absolute Gasteiger partial charge is 0.481 e. The van der Waals surface area contributed by atoms with Crippen molar-refractivity contribution in [3.8, 4) is 12.1 Å². The van der Waals surface area contributed by atoms with Crippen LogP contribution in [0, 0.1) is 80.3 Å². The summed E-state index contributed by atoms with van der Waals surface area (Å²) >= 11 is 2.89. The molecule has 10 atom stereocenters. The van der Waals surface area contributed by atoms with Crippen LogP contribution >= 0.6 is 28.3 Å². The van der Waals surface area contributed by atoms with Crippen molar-refractivity contribution in [1.82, 2.24) is 26.6 Å². The molecule has 5 amide bonds. The quantitative estimate of drug-likeness (QED) is 0.0197. The number of halogens is 2. The van der Waals surface area contributed by atoms with Crippen LogP contribution in [0.2, 0.25) is 0 Å². The molecule has 2 saturated carbocycles.